The molecule has 0 amide bonds. The zero-order valence-corrected chi connectivity index (χ0v) is 9.13. The van der Waals surface area contributed by atoms with Gasteiger partial charge in [-0.05, 0) is 18.6 Å². The summed E-state index contributed by atoms with van der Waals surface area (Å²) in [6.45, 7) is 3.46. The number of sulfone groups is 1. The van der Waals surface area contributed by atoms with E-state index >= 15 is 0 Å². The molecule has 0 N–H and O–H groups in total. The summed E-state index contributed by atoms with van der Waals surface area (Å²) in [6, 6.07) is 8.17. The fourth-order valence-corrected chi connectivity index (χ4v) is 2.67. The van der Waals surface area contributed by atoms with Crippen LogP contribution in [0.3, 0.4) is 0 Å². The van der Waals surface area contributed by atoms with Gasteiger partial charge in [0.25, 0.3) is 0 Å². The highest BCUT2D eigenvalue weighted by molar-refractivity contribution is 7.93. The molecule has 0 spiro atoms. The van der Waals surface area contributed by atoms with Crippen molar-refractivity contribution in [2.75, 3.05) is 0 Å². The normalized spacial score (nSPS) is 13.5. The zero-order chi connectivity index (χ0) is 10.6. The minimum atomic E-state index is -3.41. The van der Waals surface area contributed by atoms with Gasteiger partial charge in [0, 0.05) is 0 Å². The molecule has 0 bridgehead atoms. The van der Waals surface area contributed by atoms with Crippen molar-refractivity contribution < 1.29 is 8.42 Å². The number of hydrogen-bond donors (Lipinski definition) is 0. The van der Waals surface area contributed by atoms with Gasteiger partial charge in [0.2, 0.25) is 0 Å². The summed E-state index contributed by atoms with van der Waals surface area (Å²) in [6.07, 6.45) is 1.75. The molecule has 1 atom stereocenters. The van der Waals surface area contributed by atoms with E-state index in [2.05, 4.69) is 6.58 Å². The predicted octanol–water partition coefficient (Wildman–Crippen LogP) is 2.60. The van der Waals surface area contributed by atoms with Gasteiger partial charge in [0.15, 0.2) is 9.84 Å². The van der Waals surface area contributed by atoms with Crippen LogP contribution < -0.4 is 0 Å². The first kappa shape index (κ1) is 11.3. The predicted molar refractivity (Wildman–Crippen MR) is 58.1 cm³/mol. The molecule has 0 aliphatic rings. The molecule has 1 unspecified atom stereocenters. The first-order chi connectivity index (χ1) is 6.59. The third-order valence-electron chi connectivity index (χ3n) is 1.76. The fourth-order valence-electron chi connectivity index (χ4n) is 1.02. The Hall–Kier alpha value is -0.800. The lowest BCUT2D eigenvalue weighted by atomic mass is 10.4. The molecular formula is C10H11ClO2S. The van der Waals surface area contributed by atoms with Crippen molar-refractivity contribution in [1.82, 2.24) is 0 Å². The molecule has 0 radical (unpaired) electrons. The van der Waals surface area contributed by atoms with E-state index in [9.17, 15) is 8.42 Å². The first-order valence-electron chi connectivity index (χ1n) is 4.13. The Labute approximate surface area is 89.1 Å². The van der Waals surface area contributed by atoms with Gasteiger partial charge in [-0.15, -0.1) is 18.2 Å². The van der Waals surface area contributed by atoms with Crippen LogP contribution in [-0.4, -0.2) is 13.1 Å². The fraction of sp³-hybridized carbons (Fsp3) is 0.200. The van der Waals surface area contributed by atoms with E-state index < -0.39 is 14.5 Å². The molecule has 4 heteroatoms. The summed E-state index contributed by atoms with van der Waals surface area (Å²) in [5.74, 6) is 0. The van der Waals surface area contributed by atoms with E-state index in [1.807, 2.05) is 0 Å². The van der Waals surface area contributed by atoms with E-state index in [0.29, 0.717) is 0 Å². The van der Waals surface area contributed by atoms with Crippen molar-refractivity contribution in [2.45, 2.75) is 16.0 Å². The maximum absolute atomic E-state index is 11.7. The summed E-state index contributed by atoms with van der Waals surface area (Å²) in [5.41, 5.74) is 0. The van der Waals surface area contributed by atoms with Crippen LogP contribution in [0.15, 0.2) is 47.9 Å². The average molecular weight is 231 g/mol. The second-order valence-corrected chi connectivity index (χ2v) is 5.71. The number of alkyl halides is 1. The van der Waals surface area contributed by atoms with Crippen LogP contribution in [0.1, 0.15) is 6.42 Å². The lowest BCUT2D eigenvalue weighted by molar-refractivity contribution is 0.592. The summed E-state index contributed by atoms with van der Waals surface area (Å²) < 4.78 is 22.6. The molecule has 1 rings (SSSR count). The van der Waals surface area contributed by atoms with Gasteiger partial charge >= 0.3 is 0 Å². The van der Waals surface area contributed by atoms with Crippen molar-refractivity contribution >= 4 is 21.4 Å². The second kappa shape index (κ2) is 4.62. The van der Waals surface area contributed by atoms with Crippen molar-refractivity contribution in [2.24, 2.45) is 0 Å². The highest BCUT2D eigenvalue weighted by Crippen LogP contribution is 2.20. The van der Waals surface area contributed by atoms with Crippen LogP contribution in [0.2, 0.25) is 0 Å². The standard InChI is InChI=1S/C10H11ClO2S/c1-2-6-10(11)14(12,13)9-7-4-3-5-8-9/h2-5,7-8,10H,1,6H2. The lowest BCUT2D eigenvalue weighted by Crippen LogP contribution is -2.14. The third kappa shape index (κ3) is 2.36. The molecule has 0 aromatic heterocycles. The maximum atomic E-state index is 11.7. The highest BCUT2D eigenvalue weighted by atomic mass is 35.5. The molecule has 14 heavy (non-hydrogen) atoms. The minimum Gasteiger partial charge on any atom is -0.222 e. The Morgan fingerprint density at radius 2 is 1.93 bits per heavy atom. The molecule has 0 aliphatic carbocycles. The monoisotopic (exact) mass is 230 g/mol. The van der Waals surface area contributed by atoms with Crippen LogP contribution in [0.5, 0.6) is 0 Å². The molecule has 0 fully saturated rings. The van der Waals surface area contributed by atoms with Gasteiger partial charge in [-0.3, -0.25) is 0 Å². The SMILES string of the molecule is C=CCC(Cl)S(=O)(=O)c1ccccc1. The Bertz CT molecular complexity index is 397. The minimum absolute atomic E-state index is 0.249. The van der Waals surface area contributed by atoms with Gasteiger partial charge in [-0.1, -0.05) is 24.3 Å². The van der Waals surface area contributed by atoms with Crippen LogP contribution in [0.4, 0.5) is 0 Å². The van der Waals surface area contributed by atoms with Gasteiger partial charge in [0.1, 0.15) is 4.71 Å². The first-order valence-corrected chi connectivity index (χ1v) is 6.11. The number of benzene rings is 1. The Morgan fingerprint density at radius 1 is 1.36 bits per heavy atom. The van der Waals surface area contributed by atoms with Crippen molar-refractivity contribution in [1.29, 1.82) is 0 Å². The van der Waals surface area contributed by atoms with E-state index in [-0.39, 0.29) is 11.3 Å². The molecule has 0 heterocycles. The van der Waals surface area contributed by atoms with E-state index in [0.717, 1.165) is 0 Å². The average Bonchev–Trinajstić information content (AvgIpc) is 2.19. The highest BCUT2D eigenvalue weighted by Gasteiger charge is 2.23. The van der Waals surface area contributed by atoms with Gasteiger partial charge in [0.05, 0.1) is 4.90 Å². The molecule has 0 saturated carbocycles. The van der Waals surface area contributed by atoms with E-state index in [4.69, 9.17) is 11.6 Å². The molecule has 2 nitrogen and oxygen atoms in total. The zero-order valence-electron chi connectivity index (χ0n) is 7.56. The van der Waals surface area contributed by atoms with E-state index in [1.165, 1.54) is 18.2 Å². The van der Waals surface area contributed by atoms with Crippen LogP contribution in [-0.2, 0) is 9.84 Å². The van der Waals surface area contributed by atoms with Gasteiger partial charge in [-0.25, -0.2) is 8.42 Å². The van der Waals surface area contributed by atoms with Crippen LogP contribution >= 0.6 is 11.6 Å². The molecule has 76 valence electrons. The summed E-state index contributed by atoms with van der Waals surface area (Å²) >= 11 is 5.75. The quantitative estimate of drug-likeness (QED) is 0.589. The Balaban J connectivity index is 3.03. The lowest BCUT2D eigenvalue weighted by Gasteiger charge is -2.08. The van der Waals surface area contributed by atoms with Crippen LogP contribution in [0, 0.1) is 0 Å². The third-order valence-corrected chi connectivity index (χ3v) is 4.44. The number of hydrogen-bond acceptors (Lipinski definition) is 2. The Kier molecular flexibility index (Phi) is 3.72. The molecule has 0 saturated heterocycles. The molecule has 0 aliphatic heterocycles. The summed E-state index contributed by atoms with van der Waals surface area (Å²) in [5, 5.41) is 0. The smallest absolute Gasteiger partial charge is 0.195 e. The maximum Gasteiger partial charge on any atom is 0.195 e. The summed E-state index contributed by atoms with van der Waals surface area (Å²) in [4.78, 5) is 0.252. The van der Waals surface area contributed by atoms with Crippen molar-refractivity contribution in [3.63, 3.8) is 0 Å². The van der Waals surface area contributed by atoms with Gasteiger partial charge < -0.3 is 0 Å². The number of rotatable bonds is 4. The molecular weight excluding hydrogens is 220 g/mol. The molecule has 1 aromatic carbocycles. The molecule has 1 aromatic rings. The Morgan fingerprint density at radius 3 is 2.43 bits per heavy atom. The number of halogens is 1. The van der Waals surface area contributed by atoms with Crippen molar-refractivity contribution in [3.8, 4) is 0 Å². The largest absolute Gasteiger partial charge is 0.222 e. The number of allylic oxidation sites excluding steroid dienone is 1. The van der Waals surface area contributed by atoms with Crippen LogP contribution in [0.25, 0.3) is 0 Å². The second-order valence-electron chi connectivity index (χ2n) is 2.79. The van der Waals surface area contributed by atoms with E-state index in [1.54, 1.807) is 18.2 Å². The topological polar surface area (TPSA) is 34.1 Å². The van der Waals surface area contributed by atoms with Crippen molar-refractivity contribution in [3.05, 3.63) is 43.0 Å². The van der Waals surface area contributed by atoms with Gasteiger partial charge in [-0.2, -0.15) is 0 Å². The summed E-state index contributed by atoms with van der Waals surface area (Å²) in [7, 11) is -3.41.